The van der Waals surface area contributed by atoms with Crippen LogP contribution in [0.15, 0.2) is 29.3 Å². The summed E-state index contributed by atoms with van der Waals surface area (Å²) in [6.07, 6.45) is 3.21. The van der Waals surface area contributed by atoms with Crippen LogP contribution in [-0.4, -0.2) is 43.9 Å². The second-order valence-corrected chi connectivity index (χ2v) is 5.62. The van der Waals surface area contributed by atoms with Gasteiger partial charge in [-0.05, 0) is 56.1 Å². The van der Waals surface area contributed by atoms with Crippen LogP contribution in [0.25, 0.3) is 0 Å². The molecule has 0 aromatic heterocycles. The number of ether oxygens (including phenoxy) is 1. The van der Waals surface area contributed by atoms with E-state index in [2.05, 4.69) is 25.8 Å². The molecule has 0 bridgehead atoms. The first-order valence-corrected chi connectivity index (χ1v) is 6.97. The van der Waals surface area contributed by atoms with Crippen LogP contribution >= 0.6 is 0 Å². The molecule has 1 aromatic carbocycles. The van der Waals surface area contributed by atoms with E-state index in [0.717, 1.165) is 17.9 Å². The Bertz CT molecular complexity index is 427. The summed E-state index contributed by atoms with van der Waals surface area (Å²) < 4.78 is 5.16. The summed E-state index contributed by atoms with van der Waals surface area (Å²) in [6.45, 7) is 5.65. The van der Waals surface area contributed by atoms with Gasteiger partial charge in [0.15, 0.2) is 0 Å². The van der Waals surface area contributed by atoms with E-state index in [-0.39, 0.29) is 0 Å². The Hall–Kier alpha value is -1.35. The molecule has 0 radical (unpaired) electrons. The third-order valence-electron chi connectivity index (χ3n) is 4.13. The zero-order chi connectivity index (χ0) is 13.8. The number of likely N-dealkylation sites (tertiary alicyclic amines) is 1. The van der Waals surface area contributed by atoms with Crippen LogP contribution in [0.4, 0.5) is 0 Å². The first-order chi connectivity index (χ1) is 9.10. The van der Waals surface area contributed by atoms with Gasteiger partial charge in [-0.25, -0.2) is 0 Å². The maximum atomic E-state index is 5.16. The molecular formula is C16H24N2O. The lowest BCUT2D eigenvalue weighted by Crippen LogP contribution is -2.45. The highest BCUT2D eigenvalue weighted by Gasteiger charge is 2.27. The molecule has 3 unspecified atom stereocenters. The molecule has 0 saturated carbocycles. The molecule has 19 heavy (non-hydrogen) atoms. The molecule has 0 amide bonds. The summed E-state index contributed by atoms with van der Waals surface area (Å²) in [5.41, 5.74) is 1.13. The van der Waals surface area contributed by atoms with Crippen LogP contribution in [0, 0.1) is 5.92 Å². The van der Waals surface area contributed by atoms with Crippen molar-refractivity contribution in [3.63, 3.8) is 0 Å². The maximum absolute atomic E-state index is 5.16. The van der Waals surface area contributed by atoms with Crippen LogP contribution in [0.2, 0.25) is 0 Å². The number of nitrogens with zero attached hydrogens (tertiary/aromatic N) is 2. The largest absolute Gasteiger partial charge is 0.497 e. The average Bonchev–Trinajstić information content (AvgIpc) is 2.42. The molecule has 3 nitrogen and oxygen atoms in total. The molecule has 3 heteroatoms. The standard InChI is InChI=1S/C16H24N2O/c1-12-9-13(2)18(3)11-16(12)17-10-14-5-7-15(19-4)8-6-14/h5-8,10,12-13,16H,9,11H2,1-4H3. The van der Waals surface area contributed by atoms with Gasteiger partial charge >= 0.3 is 0 Å². The molecule has 1 fully saturated rings. The molecule has 1 heterocycles. The Morgan fingerprint density at radius 1 is 1.26 bits per heavy atom. The summed E-state index contributed by atoms with van der Waals surface area (Å²) in [6, 6.07) is 9.11. The van der Waals surface area contributed by atoms with Gasteiger partial charge in [-0.3, -0.25) is 4.99 Å². The smallest absolute Gasteiger partial charge is 0.118 e. The second-order valence-electron chi connectivity index (χ2n) is 5.62. The Balaban J connectivity index is 2.00. The molecular weight excluding hydrogens is 236 g/mol. The summed E-state index contributed by atoms with van der Waals surface area (Å²) in [5, 5.41) is 0. The highest BCUT2D eigenvalue weighted by molar-refractivity contribution is 5.79. The number of rotatable bonds is 3. The molecule has 1 aliphatic rings. The van der Waals surface area contributed by atoms with Gasteiger partial charge in [-0.2, -0.15) is 0 Å². The minimum absolute atomic E-state index is 0.406. The van der Waals surface area contributed by atoms with E-state index in [0.29, 0.717) is 18.0 Å². The SMILES string of the molecule is COc1ccc(C=NC2CN(C)C(C)CC2C)cc1. The van der Waals surface area contributed by atoms with Gasteiger partial charge < -0.3 is 9.64 Å². The van der Waals surface area contributed by atoms with E-state index in [4.69, 9.17) is 9.73 Å². The van der Waals surface area contributed by atoms with Crippen molar-refractivity contribution in [2.45, 2.75) is 32.4 Å². The zero-order valence-electron chi connectivity index (χ0n) is 12.3. The zero-order valence-corrected chi connectivity index (χ0v) is 12.3. The fourth-order valence-corrected chi connectivity index (χ4v) is 2.60. The van der Waals surface area contributed by atoms with Crippen molar-refractivity contribution in [2.24, 2.45) is 10.9 Å². The van der Waals surface area contributed by atoms with Gasteiger partial charge in [0.1, 0.15) is 5.75 Å². The van der Waals surface area contributed by atoms with Crippen LogP contribution in [0.1, 0.15) is 25.8 Å². The molecule has 3 atom stereocenters. The van der Waals surface area contributed by atoms with Gasteiger partial charge in [-0.1, -0.05) is 6.92 Å². The predicted octanol–water partition coefficient (Wildman–Crippen LogP) is 2.84. The highest BCUT2D eigenvalue weighted by atomic mass is 16.5. The van der Waals surface area contributed by atoms with E-state index in [9.17, 15) is 0 Å². The fraction of sp³-hybridized carbons (Fsp3) is 0.562. The van der Waals surface area contributed by atoms with Gasteiger partial charge in [-0.15, -0.1) is 0 Å². The van der Waals surface area contributed by atoms with Crippen molar-refractivity contribution < 1.29 is 4.74 Å². The highest BCUT2D eigenvalue weighted by Crippen LogP contribution is 2.23. The molecule has 0 aliphatic carbocycles. The Kier molecular flexibility index (Phi) is 4.59. The normalized spacial score (nSPS) is 28.7. The van der Waals surface area contributed by atoms with Crippen molar-refractivity contribution in [3.05, 3.63) is 29.8 Å². The average molecular weight is 260 g/mol. The topological polar surface area (TPSA) is 24.8 Å². The molecule has 1 saturated heterocycles. The quantitative estimate of drug-likeness (QED) is 0.781. The van der Waals surface area contributed by atoms with Crippen LogP contribution in [-0.2, 0) is 0 Å². The van der Waals surface area contributed by atoms with E-state index >= 15 is 0 Å². The second kappa shape index (κ2) is 6.20. The number of hydrogen-bond acceptors (Lipinski definition) is 3. The number of aliphatic imine (C=N–C) groups is 1. The summed E-state index contributed by atoms with van der Waals surface area (Å²) in [7, 11) is 3.87. The molecule has 1 aromatic rings. The monoisotopic (exact) mass is 260 g/mol. The third-order valence-corrected chi connectivity index (χ3v) is 4.13. The van der Waals surface area contributed by atoms with Crippen LogP contribution < -0.4 is 4.74 Å². The number of hydrogen-bond donors (Lipinski definition) is 0. The first-order valence-electron chi connectivity index (χ1n) is 6.97. The van der Waals surface area contributed by atoms with E-state index in [1.165, 1.54) is 6.42 Å². The molecule has 104 valence electrons. The number of piperidine rings is 1. The van der Waals surface area contributed by atoms with Crippen molar-refractivity contribution >= 4 is 6.21 Å². The lowest BCUT2D eigenvalue weighted by molar-refractivity contribution is 0.142. The first kappa shape index (κ1) is 14.1. The van der Waals surface area contributed by atoms with E-state index < -0.39 is 0 Å². The van der Waals surface area contributed by atoms with Gasteiger partial charge in [0.05, 0.1) is 13.2 Å². The Morgan fingerprint density at radius 2 is 1.95 bits per heavy atom. The number of likely N-dealkylation sites (N-methyl/N-ethyl adjacent to an activating group) is 1. The van der Waals surface area contributed by atoms with E-state index in [1.807, 2.05) is 30.5 Å². The molecule has 0 N–H and O–H groups in total. The van der Waals surface area contributed by atoms with Crippen molar-refractivity contribution in [2.75, 3.05) is 20.7 Å². The number of methoxy groups -OCH3 is 1. The van der Waals surface area contributed by atoms with Crippen molar-refractivity contribution in [1.29, 1.82) is 0 Å². The molecule has 0 spiro atoms. The molecule has 2 rings (SSSR count). The minimum atomic E-state index is 0.406. The summed E-state index contributed by atoms with van der Waals surface area (Å²) in [4.78, 5) is 7.17. The minimum Gasteiger partial charge on any atom is -0.497 e. The van der Waals surface area contributed by atoms with Crippen LogP contribution in [0.5, 0.6) is 5.75 Å². The van der Waals surface area contributed by atoms with Gasteiger partial charge in [0.2, 0.25) is 0 Å². The van der Waals surface area contributed by atoms with Crippen molar-refractivity contribution in [3.8, 4) is 5.75 Å². The number of benzene rings is 1. The van der Waals surface area contributed by atoms with Gasteiger partial charge in [0, 0.05) is 18.8 Å². The lowest BCUT2D eigenvalue weighted by atomic mass is 9.89. The fourth-order valence-electron chi connectivity index (χ4n) is 2.60. The Morgan fingerprint density at radius 3 is 2.58 bits per heavy atom. The lowest BCUT2D eigenvalue weighted by Gasteiger charge is -2.37. The van der Waals surface area contributed by atoms with Crippen molar-refractivity contribution in [1.82, 2.24) is 4.90 Å². The maximum Gasteiger partial charge on any atom is 0.118 e. The van der Waals surface area contributed by atoms with E-state index in [1.54, 1.807) is 7.11 Å². The summed E-state index contributed by atoms with van der Waals surface area (Å²) in [5.74, 6) is 1.54. The van der Waals surface area contributed by atoms with Crippen LogP contribution in [0.3, 0.4) is 0 Å². The third kappa shape index (κ3) is 3.57. The van der Waals surface area contributed by atoms with Gasteiger partial charge in [0.25, 0.3) is 0 Å². The summed E-state index contributed by atoms with van der Waals surface area (Å²) >= 11 is 0. The molecule has 1 aliphatic heterocycles. The Labute approximate surface area is 116 Å². The predicted molar refractivity (Wildman–Crippen MR) is 80.2 cm³/mol.